The second-order valence-electron chi connectivity index (χ2n) is 7.19. The number of carbonyl (C=O) groups excluding carboxylic acids is 1. The third-order valence-corrected chi connectivity index (χ3v) is 4.46. The molecule has 1 N–H and O–H groups in total. The Morgan fingerprint density at radius 2 is 1.91 bits per heavy atom. The molecule has 3 rings (SSSR count). The number of nitro benzene ring substituents is 1. The molecule has 0 aliphatic carbocycles. The number of nitrogens with zero attached hydrogens (tertiary/aromatic N) is 3. The zero-order chi connectivity index (χ0) is 23.1. The highest BCUT2D eigenvalue weighted by molar-refractivity contribution is 6.04. The summed E-state index contributed by atoms with van der Waals surface area (Å²) in [6.45, 7) is 2.27. The van der Waals surface area contributed by atoms with E-state index in [4.69, 9.17) is 9.47 Å². The van der Waals surface area contributed by atoms with Crippen LogP contribution in [0.25, 0.3) is 12.2 Å². The second-order valence-corrected chi connectivity index (χ2v) is 7.19. The van der Waals surface area contributed by atoms with Crippen LogP contribution in [0.3, 0.4) is 0 Å². The van der Waals surface area contributed by atoms with Crippen LogP contribution in [-0.4, -0.2) is 40.4 Å². The molecule has 0 aliphatic rings. The molecule has 0 saturated heterocycles. The molecular formula is C23H24N4O5. The van der Waals surface area contributed by atoms with Gasteiger partial charge in [0.15, 0.2) is 5.82 Å². The summed E-state index contributed by atoms with van der Waals surface area (Å²) < 4.78 is 12.6. The van der Waals surface area contributed by atoms with E-state index >= 15 is 0 Å². The zero-order valence-electron chi connectivity index (χ0n) is 18.0. The number of carbonyl (C=O) groups is 1. The number of ether oxygens (including phenoxy) is 2. The molecule has 1 amide bonds. The highest BCUT2D eigenvalue weighted by Gasteiger charge is 2.12. The van der Waals surface area contributed by atoms with Gasteiger partial charge in [0.05, 0.1) is 11.5 Å². The van der Waals surface area contributed by atoms with Crippen molar-refractivity contribution >= 4 is 29.6 Å². The van der Waals surface area contributed by atoms with E-state index in [-0.39, 0.29) is 17.7 Å². The lowest BCUT2D eigenvalue weighted by Crippen LogP contribution is -2.19. The van der Waals surface area contributed by atoms with E-state index in [1.165, 1.54) is 12.1 Å². The van der Waals surface area contributed by atoms with Gasteiger partial charge in [-0.15, -0.1) is 0 Å². The Kier molecular flexibility index (Phi) is 7.35. The van der Waals surface area contributed by atoms with Crippen LogP contribution in [-0.2, 0) is 11.8 Å². The van der Waals surface area contributed by atoms with Crippen LogP contribution >= 0.6 is 0 Å². The summed E-state index contributed by atoms with van der Waals surface area (Å²) in [5.74, 6) is 0.643. The van der Waals surface area contributed by atoms with E-state index in [0.29, 0.717) is 23.7 Å². The second kappa shape index (κ2) is 10.4. The Labute approximate surface area is 185 Å². The van der Waals surface area contributed by atoms with Gasteiger partial charge in [-0.2, -0.15) is 5.10 Å². The van der Waals surface area contributed by atoms with Crippen molar-refractivity contribution in [3.63, 3.8) is 0 Å². The Morgan fingerprint density at radius 1 is 1.19 bits per heavy atom. The number of hydrogen-bond donors (Lipinski definition) is 1. The molecule has 1 aromatic heterocycles. The molecule has 166 valence electrons. The maximum Gasteiger partial charge on any atom is 0.269 e. The average molecular weight is 436 g/mol. The fraction of sp³-hybridized carbons (Fsp3) is 0.217. The van der Waals surface area contributed by atoms with E-state index in [1.807, 2.05) is 25.1 Å². The molecule has 0 bridgehead atoms. The van der Waals surface area contributed by atoms with Crippen molar-refractivity contribution in [3.05, 3.63) is 81.5 Å². The van der Waals surface area contributed by atoms with Crippen molar-refractivity contribution in [2.24, 2.45) is 7.05 Å². The van der Waals surface area contributed by atoms with Crippen molar-refractivity contribution in [1.29, 1.82) is 0 Å². The van der Waals surface area contributed by atoms with Crippen molar-refractivity contribution in [2.75, 3.05) is 19.0 Å². The first-order valence-electron chi connectivity index (χ1n) is 9.88. The molecule has 9 heteroatoms. The summed E-state index contributed by atoms with van der Waals surface area (Å²) in [6, 6.07) is 13.1. The van der Waals surface area contributed by atoms with Gasteiger partial charge in [0.1, 0.15) is 11.9 Å². The summed E-state index contributed by atoms with van der Waals surface area (Å²) in [6.07, 6.45) is 5.15. The molecule has 2 aromatic carbocycles. The smallest absolute Gasteiger partial charge is 0.269 e. The molecule has 0 fully saturated rings. The minimum atomic E-state index is -0.442. The standard InChI is InChI=1S/C23H24N4O5/c1-16(15-31-3)32-21-13-18(5-4-17-6-8-20(9-7-17)27(29)30)12-19(14-21)23(28)24-22-10-11-26(2)25-22/h4-14,16H,15H2,1-3H3,(H,24,25,28)/b5-4+/t16-/m0/s1. The Morgan fingerprint density at radius 3 is 2.53 bits per heavy atom. The fourth-order valence-corrected chi connectivity index (χ4v) is 2.99. The largest absolute Gasteiger partial charge is 0.488 e. The third-order valence-electron chi connectivity index (χ3n) is 4.46. The van der Waals surface area contributed by atoms with Crippen molar-refractivity contribution in [1.82, 2.24) is 9.78 Å². The predicted molar refractivity (Wildman–Crippen MR) is 122 cm³/mol. The molecule has 1 heterocycles. The topological polar surface area (TPSA) is 109 Å². The highest BCUT2D eigenvalue weighted by atomic mass is 16.6. The number of nitrogens with one attached hydrogen (secondary N) is 1. The lowest BCUT2D eigenvalue weighted by molar-refractivity contribution is -0.384. The molecular weight excluding hydrogens is 412 g/mol. The number of aromatic nitrogens is 2. The van der Waals surface area contributed by atoms with Crippen molar-refractivity contribution < 1.29 is 19.2 Å². The van der Waals surface area contributed by atoms with Gasteiger partial charge in [-0.1, -0.05) is 12.2 Å². The first-order chi connectivity index (χ1) is 15.3. The fourth-order valence-electron chi connectivity index (χ4n) is 2.99. The number of nitro groups is 1. The summed E-state index contributed by atoms with van der Waals surface area (Å²) in [7, 11) is 3.36. The van der Waals surface area contributed by atoms with Crippen molar-refractivity contribution in [2.45, 2.75) is 13.0 Å². The van der Waals surface area contributed by atoms with Crippen LogP contribution in [0.15, 0.2) is 54.7 Å². The highest BCUT2D eigenvalue weighted by Crippen LogP contribution is 2.22. The van der Waals surface area contributed by atoms with Gasteiger partial charge in [0, 0.05) is 44.1 Å². The van der Waals surface area contributed by atoms with Crippen LogP contribution < -0.4 is 10.1 Å². The molecule has 0 aliphatic heterocycles. The van der Waals surface area contributed by atoms with E-state index in [2.05, 4.69) is 10.4 Å². The number of non-ortho nitro benzene ring substituents is 1. The predicted octanol–water partition coefficient (Wildman–Crippen LogP) is 4.16. The van der Waals surface area contributed by atoms with Gasteiger partial charge in [0.2, 0.25) is 0 Å². The lowest BCUT2D eigenvalue weighted by Gasteiger charge is -2.15. The van der Waals surface area contributed by atoms with Gasteiger partial charge < -0.3 is 14.8 Å². The zero-order valence-corrected chi connectivity index (χ0v) is 18.0. The van der Waals surface area contributed by atoms with Crippen LogP contribution in [0.2, 0.25) is 0 Å². The SMILES string of the molecule is COC[C@H](C)Oc1cc(/C=C/c2ccc([N+](=O)[O-])cc2)cc(C(=O)Nc2ccn(C)n2)c1. The number of methoxy groups -OCH3 is 1. The minimum Gasteiger partial charge on any atom is -0.488 e. The molecule has 32 heavy (non-hydrogen) atoms. The Hall–Kier alpha value is -3.98. The normalized spacial score (nSPS) is 12.0. The monoisotopic (exact) mass is 436 g/mol. The summed E-state index contributed by atoms with van der Waals surface area (Å²) in [5.41, 5.74) is 1.95. The van der Waals surface area contributed by atoms with Crippen LogP contribution in [0.5, 0.6) is 5.75 Å². The van der Waals surface area contributed by atoms with Gasteiger partial charge in [0.25, 0.3) is 11.6 Å². The molecule has 3 aromatic rings. The molecule has 0 saturated carbocycles. The van der Waals surface area contributed by atoms with E-state index in [1.54, 1.807) is 55.4 Å². The third kappa shape index (κ3) is 6.26. The lowest BCUT2D eigenvalue weighted by atomic mass is 10.1. The number of rotatable bonds is 9. The minimum absolute atomic E-state index is 0.0261. The van der Waals surface area contributed by atoms with Crippen LogP contribution in [0.4, 0.5) is 11.5 Å². The quantitative estimate of drug-likeness (QED) is 0.306. The van der Waals surface area contributed by atoms with Crippen molar-refractivity contribution in [3.8, 4) is 5.75 Å². The summed E-state index contributed by atoms with van der Waals surface area (Å²) in [5, 5.41) is 17.7. The maximum absolute atomic E-state index is 12.8. The van der Waals surface area contributed by atoms with E-state index in [9.17, 15) is 14.9 Å². The number of anilines is 1. The number of amides is 1. The average Bonchev–Trinajstić information content (AvgIpc) is 3.17. The molecule has 0 unspecified atom stereocenters. The van der Waals surface area contributed by atoms with Crippen LogP contribution in [0, 0.1) is 10.1 Å². The first kappa shape index (κ1) is 22.7. The van der Waals surface area contributed by atoms with E-state index in [0.717, 1.165) is 11.1 Å². The Balaban J connectivity index is 1.86. The van der Waals surface area contributed by atoms with Gasteiger partial charge in [-0.05, 0) is 48.4 Å². The van der Waals surface area contributed by atoms with E-state index < -0.39 is 4.92 Å². The summed E-state index contributed by atoms with van der Waals surface area (Å²) >= 11 is 0. The number of aryl methyl sites for hydroxylation is 1. The van der Waals surface area contributed by atoms with Gasteiger partial charge >= 0.3 is 0 Å². The number of hydrogen-bond acceptors (Lipinski definition) is 6. The molecule has 0 radical (unpaired) electrons. The van der Waals surface area contributed by atoms with Gasteiger partial charge in [-0.25, -0.2) is 0 Å². The summed E-state index contributed by atoms with van der Waals surface area (Å²) in [4.78, 5) is 23.2. The number of benzene rings is 2. The molecule has 1 atom stereocenters. The van der Waals surface area contributed by atoms with Gasteiger partial charge in [-0.3, -0.25) is 19.6 Å². The maximum atomic E-state index is 12.8. The van der Waals surface area contributed by atoms with Crippen LogP contribution in [0.1, 0.15) is 28.4 Å². The Bertz CT molecular complexity index is 1120. The molecule has 0 spiro atoms. The first-order valence-corrected chi connectivity index (χ1v) is 9.88. The molecule has 9 nitrogen and oxygen atoms in total.